The number of hydrogen-bond acceptors (Lipinski definition) is 2. The molecule has 0 aromatic heterocycles. The summed E-state index contributed by atoms with van der Waals surface area (Å²) in [5.74, 6) is 0.889. The zero-order chi connectivity index (χ0) is 15.5. The van der Waals surface area contributed by atoms with Crippen molar-refractivity contribution in [1.82, 2.24) is 15.5 Å². The van der Waals surface area contributed by atoms with Gasteiger partial charge >= 0.3 is 0 Å². The quantitative estimate of drug-likeness (QED) is 0.571. The number of likely N-dealkylation sites (N-methyl/N-ethyl adjacent to an activating group) is 1. The lowest BCUT2D eigenvalue weighted by Crippen LogP contribution is -2.45. The molecule has 0 saturated heterocycles. The lowest BCUT2D eigenvalue weighted by molar-refractivity contribution is 0.231. The average Bonchev–Trinajstić information content (AvgIpc) is 2.52. The van der Waals surface area contributed by atoms with Gasteiger partial charge in [-0.1, -0.05) is 44.2 Å². The van der Waals surface area contributed by atoms with Crippen LogP contribution in [-0.4, -0.2) is 43.1 Å². The van der Waals surface area contributed by atoms with Crippen LogP contribution < -0.4 is 10.6 Å². The van der Waals surface area contributed by atoms with E-state index in [0.29, 0.717) is 12.6 Å². The summed E-state index contributed by atoms with van der Waals surface area (Å²) in [4.78, 5) is 7.08. The van der Waals surface area contributed by atoms with Crippen LogP contribution in [0.15, 0.2) is 35.3 Å². The Bertz CT molecular complexity index is 399. The molecule has 1 atom stereocenters. The van der Waals surface area contributed by atoms with Crippen molar-refractivity contribution in [2.45, 2.75) is 40.3 Å². The molecule has 21 heavy (non-hydrogen) atoms. The number of nitrogens with zero attached hydrogens (tertiary/aromatic N) is 2. The van der Waals surface area contributed by atoms with Crippen LogP contribution in [0.4, 0.5) is 0 Å². The van der Waals surface area contributed by atoms with E-state index in [0.717, 1.165) is 32.1 Å². The molecular weight excluding hydrogens is 260 g/mol. The Labute approximate surface area is 129 Å². The van der Waals surface area contributed by atoms with Gasteiger partial charge in [-0.05, 0) is 32.5 Å². The summed E-state index contributed by atoms with van der Waals surface area (Å²) in [6, 6.07) is 10.8. The largest absolute Gasteiger partial charge is 0.357 e. The van der Waals surface area contributed by atoms with Gasteiger partial charge in [-0.2, -0.15) is 0 Å². The lowest BCUT2D eigenvalue weighted by atomic mass is 10.2. The Hall–Kier alpha value is -1.55. The van der Waals surface area contributed by atoms with E-state index in [4.69, 9.17) is 0 Å². The highest BCUT2D eigenvalue weighted by Gasteiger charge is 2.10. The van der Waals surface area contributed by atoms with Crippen molar-refractivity contribution in [2.24, 2.45) is 4.99 Å². The summed E-state index contributed by atoms with van der Waals surface area (Å²) >= 11 is 0. The maximum absolute atomic E-state index is 4.64. The number of hydrogen-bond donors (Lipinski definition) is 2. The molecule has 0 saturated carbocycles. The van der Waals surface area contributed by atoms with Crippen molar-refractivity contribution in [3.05, 3.63) is 35.9 Å². The fourth-order valence-electron chi connectivity index (χ4n) is 2.32. The van der Waals surface area contributed by atoms with Crippen LogP contribution in [0.3, 0.4) is 0 Å². The molecule has 0 aliphatic heterocycles. The molecular formula is C17H30N4. The molecule has 0 fully saturated rings. The third-order valence-corrected chi connectivity index (χ3v) is 3.61. The number of aliphatic imine (C=N–C) groups is 1. The van der Waals surface area contributed by atoms with Gasteiger partial charge in [0.05, 0.1) is 6.54 Å². The molecule has 0 radical (unpaired) electrons. The van der Waals surface area contributed by atoms with Gasteiger partial charge in [-0.3, -0.25) is 4.90 Å². The van der Waals surface area contributed by atoms with Gasteiger partial charge in [-0.25, -0.2) is 4.99 Å². The lowest BCUT2D eigenvalue weighted by Gasteiger charge is -2.27. The fourth-order valence-corrected chi connectivity index (χ4v) is 2.32. The molecule has 0 bridgehead atoms. The minimum absolute atomic E-state index is 0.501. The number of nitrogens with one attached hydrogen (secondary N) is 2. The highest BCUT2D eigenvalue weighted by Crippen LogP contribution is 2.00. The predicted molar refractivity (Wildman–Crippen MR) is 91.6 cm³/mol. The van der Waals surface area contributed by atoms with Crippen molar-refractivity contribution >= 4 is 5.96 Å². The zero-order valence-corrected chi connectivity index (χ0v) is 13.9. The second-order valence-electron chi connectivity index (χ2n) is 5.13. The van der Waals surface area contributed by atoms with Gasteiger partial charge < -0.3 is 10.6 Å². The third kappa shape index (κ3) is 6.63. The Morgan fingerprint density at radius 1 is 1.10 bits per heavy atom. The Morgan fingerprint density at radius 3 is 2.33 bits per heavy atom. The van der Waals surface area contributed by atoms with E-state index >= 15 is 0 Å². The summed E-state index contributed by atoms with van der Waals surface area (Å²) in [6.07, 6.45) is 0. The molecule has 4 heteroatoms. The molecule has 1 aromatic carbocycles. The Morgan fingerprint density at radius 2 is 1.76 bits per heavy atom. The highest BCUT2D eigenvalue weighted by molar-refractivity contribution is 5.79. The van der Waals surface area contributed by atoms with Crippen molar-refractivity contribution in [3.8, 4) is 0 Å². The first kappa shape index (κ1) is 17.5. The Kier molecular flexibility index (Phi) is 8.51. The standard InChI is InChI=1S/C17H30N4/c1-5-18-17(19-13-15(4)21(6-2)7-3)20-14-16-11-9-8-10-12-16/h8-12,15H,5-7,13-14H2,1-4H3,(H2,18,19,20). The molecule has 1 unspecified atom stereocenters. The van der Waals surface area contributed by atoms with E-state index < -0.39 is 0 Å². The molecule has 1 aromatic rings. The van der Waals surface area contributed by atoms with Crippen LogP contribution in [0.1, 0.15) is 33.3 Å². The molecule has 1 rings (SSSR count). The maximum atomic E-state index is 4.64. The van der Waals surface area contributed by atoms with Gasteiger partial charge in [-0.15, -0.1) is 0 Å². The second-order valence-corrected chi connectivity index (χ2v) is 5.13. The SMILES string of the molecule is CCNC(=NCc1ccccc1)NCC(C)N(CC)CC. The van der Waals surface area contributed by atoms with Crippen LogP contribution in [0.2, 0.25) is 0 Å². The van der Waals surface area contributed by atoms with E-state index in [1.807, 2.05) is 18.2 Å². The minimum Gasteiger partial charge on any atom is -0.357 e. The van der Waals surface area contributed by atoms with Crippen molar-refractivity contribution in [2.75, 3.05) is 26.2 Å². The summed E-state index contributed by atoms with van der Waals surface area (Å²) in [6.45, 7) is 13.4. The zero-order valence-electron chi connectivity index (χ0n) is 13.9. The number of benzene rings is 1. The van der Waals surface area contributed by atoms with Crippen molar-refractivity contribution in [1.29, 1.82) is 0 Å². The molecule has 0 aliphatic carbocycles. The van der Waals surface area contributed by atoms with Crippen molar-refractivity contribution in [3.63, 3.8) is 0 Å². The van der Waals surface area contributed by atoms with Crippen LogP contribution in [-0.2, 0) is 6.54 Å². The average molecular weight is 290 g/mol. The molecule has 0 amide bonds. The molecule has 0 spiro atoms. The van der Waals surface area contributed by atoms with Crippen LogP contribution in [0.25, 0.3) is 0 Å². The van der Waals surface area contributed by atoms with Gasteiger partial charge in [0.15, 0.2) is 5.96 Å². The minimum atomic E-state index is 0.501. The highest BCUT2D eigenvalue weighted by atomic mass is 15.2. The smallest absolute Gasteiger partial charge is 0.191 e. The van der Waals surface area contributed by atoms with Gasteiger partial charge in [0, 0.05) is 19.1 Å². The molecule has 0 aliphatic rings. The maximum Gasteiger partial charge on any atom is 0.191 e. The third-order valence-electron chi connectivity index (χ3n) is 3.61. The van der Waals surface area contributed by atoms with Gasteiger partial charge in [0.2, 0.25) is 0 Å². The van der Waals surface area contributed by atoms with E-state index in [1.165, 1.54) is 5.56 Å². The van der Waals surface area contributed by atoms with E-state index in [-0.39, 0.29) is 0 Å². The molecule has 4 nitrogen and oxygen atoms in total. The second kappa shape index (κ2) is 10.2. The first-order valence-electron chi connectivity index (χ1n) is 8.01. The van der Waals surface area contributed by atoms with Crippen molar-refractivity contribution < 1.29 is 0 Å². The fraction of sp³-hybridized carbons (Fsp3) is 0.588. The predicted octanol–water partition coefficient (Wildman–Crippen LogP) is 2.47. The van der Waals surface area contributed by atoms with Crippen LogP contribution in [0, 0.1) is 0 Å². The Balaban J connectivity index is 2.52. The first-order valence-corrected chi connectivity index (χ1v) is 8.01. The van der Waals surface area contributed by atoms with Gasteiger partial charge in [0.25, 0.3) is 0 Å². The molecule has 118 valence electrons. The topological polar surface area (TPSA) is 39.7 Å². The molecule has 0 heterocycles. The monoisotopic (exact) mass is 290 g/mol. The summed E-state index contributed by atoms with van der Waals surface area (Å²) in [5, 5.41) is 6.74. The van der Waals surface area contributed by atoms with Gasteiger partial charge in [0.1, 0.15) is 0 Å². The summed E-state index contributed by atoms with van der Waals surface area (Å²) in [7, 11) is 0. The first-order chi connectivity index (χ1) is 10.2. The number of rotatable bonds is 8. The van der Waals surface area contributed by atoms with E-state index in [9.17, 15) is 0 Å². The van der Waals surface area contributed by atoms with E-state index in [1.54, 1.807) is 0 Å². The van der Waals surface area contributed by atoms with Crippen LogP contribution >= 0.6 is 0 Å². The molecule has 2 N–H and O–H groups in total. The van der Waals surface area contributed by atoms with E-state index in [2.05, 4.69) is 60.4 Å². The van der Waals surface area contributed by atoms with Crippen LogP contribution in [0.5, 0.6) is 0 Å². The summed E-state index contributed by atoms with van der Waals surface area (Å²) < 4.78 is 0. The summed E-state index contributed by atoms with van der Waals surface area (Å²) in [5.41, 5.74) is 1.23. The normalized spacial score (nSPS) is 13.3. The number of guanidine groups is 1.